The molecule has 0 aromatic heterocycles. The zero-order valence-electron chi connectivity index (χ0n) is 15.8. The molecule has 2 atom stereocenters. The average Bonchev–Trinajstić information content (AvgIpc) is 2.98. The molecule has 2 rings (SSSR count). The van der Waals surface area contributed by atoms with Crippen LogP contribution in [0.4, 0.5) is 5.69 Å². The molecule has 0 bridgehead atoms. The number of allylic oxidation sites excluding steroid dienone is 2. The van der Waals surface area contributed by atoms with E-state index in [-0.39, 0.29) is 34.1 Å². The molecule has 0 radical (unpaired) electrons. The van der Waals surface area contributed by atoms with E-state index in [1.807, 2.05) is 13.8 Å². The van der Waals surface area contributed by atoms with E-state index in [0.29, 0.717) is 5.69 Å². The van der Waals surface area contributed by atoms with E-state index < -0.39 is 10.0 Å². The van der Waals surface area contributed by atoms with Gasteiger partial charge < -0.3 is 5.32 Å². The van der Waals surface area contributed by atoms with Crippen LogP contribution in [0, 0.1) is 17.3 Å². The van der Waals surface area contributed by atoms with Gasteiger partial charge in [0.25, 0.3) is 0 Å². The highest BCUT2D eigenvalue weighted by Gasteiger charge is 2.60. The van der Waals surface area contributed by atoms with E-state index in [1.165, 1.54) is 17.7 Å². The quantitative estimate of drug-likeness (QED) is 0.758. The predicted molar refractivity (Wildman–Crippen MR) is 101 cm³/mol. The molecule has 2 unspecified atom stereocenters. The maximum absolute atomic E-state index is 12.5. The van der Waals surface area contributed by atoms with E-state index in [1.54, 1.807) is 26.0 Å². The van der Waals surface area contributed by atoms with Crippen molar-refractivity contribution in [3.63, 3.8) is 0 Å². The number of carbonyl (C=O) groups excluding carboxylic acids is 1. The van der Waals surface area contributed by atoms with E-state index >= 15 is 0 Å². The molecule has 1 aliphatic carbocycles. The fraction of sp³-hybridized carbons (Fsp3) is 0.526. The van der Waals surface area contributed by atoms with E-state index in [2.05, 4.69) is 30.0 Å². The lowest BCUT2D eigenvalue weighted by molar-refractivity contribution is -0.118. The topological polar surface area (TPSA) is 75.3 Å². The molecule has 0 saturated heterocycles. The molecule has 1 aromatic rings. The van der Waals surface area contributed by atoms with Crippen molar-refractivity contribution < 1.29 is 13.2 Å². The van der Waals surface area contributed by atoms with Crippen molar-refractivity contribution in [2.75, 3.05) is 5.32 Å². The third-order valence-corrected chi connectivity index (χ3v) is 6.20. The second-order valence-electron chi connectivity index (χ2n) is 7.86. The SMILES string of the molecule is CC(C)=CC1C(C(=O)Nc2ccc(S(=O)(=O)NC(C)C)cc2)C1(C)C. The van der Waals surface area contributed by atoms with Gasteiger partial charge in [-0.25, -0.2) is 13.1 Å². The first-order valence-electron chi connectivity index (χ1n) is 8.53. The minimum absolute atomic E-state index is 0.0246. The van der Waals surface area contributed by atoms with Gasteiger partial charge in [0.15, 0.2) is 0 Å². The Morgan fingerprint density at radius 1 is 1.16 bits per heavy atom. The Balaban J connectivity index is 2.07. The zero-order chi connectivity index (χ0) is 19.0. The lowest BCUT2D eigenvalue weighted by atomic mass is 10.1. The van der Waals surface area contributed by atoms with Crippen LogP contribution < -0.4 is 10.0 Å². The van der Waals surface area contributed by atoms with Crippen molar-refractivity contribution in [2.24, 2.45) is 17.3 Å². The fourth-order valence-electron chi connectivity index (χ4n) is 3.16. The third-order valence-electron chi connectivity index (χ3n) is 4.53. The normalized spacial score (nSPS) is 21.7. The lowest BCUT2D eigenvalue weighted by Gasteiger charge is -2.11. The summed E-state index contributed by atoms with van der Waals surface area (Å²) in [5.41, 5.74) is 1.76. The maximum Gasteiger partial charge on any atom is 0.240 e. The number of sulfonamides is 1. The summed E-state index contributed by atoms with van der Waals surface area (Å²) in [5.74, 6) is 0.157. The van der Waals surface area contributed by atoms with Crippen molar-refractivity contribution in [1.29, 1.82) is 0 Å². The Labute approximate surface area is 151 Å². The summed E-state index contributed by atoms with van der Waals surface area (Å²) in [6.45, 7) is 11.8. The van der Waals surface area contributed by atoms with Crippen LogP contribution in [0.2, 0.25) is 0 Å². The molecule has 0 heterocycles. The number of anilines is 1. The first kappa shape index (κ1) is 19.7. The molecule has 1 aliphatic rings. The summed E-state index contributed by atoms with van der Waals surface area (Å²) < 4.78 is 26.8. The number of benzene rings is 1. The van der Waals surface area contributed by atoms with Gasteiger partial charge in [-0.1, -0.05) is 25.5 Å². The second-order valence-corrected chi connectivity index (χ2v) is 9.57. The van der Waals surface area contributed by atoms with Gasteiger partial charge in [0.2, 0.25) is 15.9 Å². The van der Waals surface area contributed by atoms with Crippen LogP contribution in [-0.4, -0.2) is 20.4 Å². The van der Waals surface area contributed by atoms with Crippen LogP contribution in [0.25, 0.3) is 0 Å². The van der Waals surface area contributed by atoms with Gasteiger partial charge in [0, 0.05) is 11.7 Å². The lowest BCUT2D eigenvalue weighted by Crippen LogP contribution is -2.30. The molecule has 0 aliphatic heterocycles. The first-order chi connectivity index (χ1) is 11.4. The Kier molecular flexibility index (Phi) is 5.44. The Morgan fingerprint density at radius 3 is 2.20 bits per heavy atom. The third kappa shape index (κ3) is 4.50. The number of amides is 1. The van der Waals surface area contributed by atoms with Crippen molar-refractivity contribution in [2.45, 2.75) is 52.5 Å². The summed E-state index contributed by atoms with van der Waals surface area (Å²) in [5, 5.41) is 2.90. The average molecular weight is 365 g/mol. The molecular weight excluding hydrogens is 336 g/mol. The van der Waals surface area contributed by atoms with Crippen LogP contribution in [0.3, 0.4) is 0 Å². The molecule has 1 amide bonds. The van der Waals surface area contributed by atoms with E-state index in [4.69, 9.17) is 0 Å². The van der Waals surface area contributed by atoms with Crippen LogP contribution in [-0.2, 0) is 14.8 Å². The van der Waals surface area contributed by atoms with Gasteiger partial charge in [0.05, 0.1) is 10.8 Å². The van der Waals surface area contributed by atoms with Crippen molar-refractivity contribution >= 4 is 21.6 Å². The molecule has 1 aromatic carbocycles. The van der Waals surface area contributed by atoms with Crippen LogP contribution in [0.5, 0.6) is 0 Å². The van der Waals surface area contributed by atoms with Gasteiger partial charge in [-0.15, -0.1) is 0 Å². The Bertz CT molecular complexity index is 773. The number of hydrogen-bond donors (Lipinski definition) is 2. The number of rotatable bonds is 6. The number of nitrogens with one attached hydrogen (secondary N) is 2. The largest absolute Gasteiger partial charge is 0.326 e. The fourth-order valence-corrected chi connectivity index (χ4v) is 4.42. The van der Waals surface area contributed by atoms with Gasteiger partial charge in [-0.3, -0.25) is 4.79 Å². The molecular formula is C19H28N2O3S. The molecule has 138 valence electrons. The van der Waals surface area contributed by atoms with Gasteiger partial charge >= 0.3 is 0 Å². The van der Waals surface area contributed by atoms with Gasteiger partial charge in [0.1, 0.15) is 0 Å². The standard InChI is InChI=1S/C19H28N2O3S/c1-12(2)11-16-17(19(16,5)6)18(22)20-14-7-9-15(10-8-14)25(23,24)21-13(3)4/h7-11,13,16-17,21H,1-6H3,(H,20,22). The number of hydrogen-bond acceptors (Lipinski definition) is 3. The minimum Gasteiger partial charge on any atom is -0.326 e. The first-order valence-corrected chi connectivity index (χ1v) is 10.0. The molecule has 6 heteroatoms. The van der Waals surface area contributed by atoms with Crippen molar-refractivity contribution in [3.05, 3.63) is 35.9 Å². The molecule has 1 fully saturated rings. The Hall–Kier alpha value is -1.66. The van der Waals surface area contributed by atoms with Crippen LogP contribution in [0.15, 0.2) is 40.8 Å². The monoisotopic (exact) mass is 364 g/mol. The van der Waals surface area contributed by atoms with Gasteiger partial charge in [-0.2, -0.15) is 0 Å². The van der Waals surface area contributed by atoms with Crippen molar-refractivity contribution in [3.8, 4) is 0 Å². The molecule has 5 nitrogen and oxygen atoms in total. The van der Waals surface area contributed by atoms with Gasteiger partial charge in [-0.05, 0) is 63.3 Å². The minimum atomic E-state index is -3.52. The molecule has 0 spiro atoms. The highest BCUT2D eigenvalue weighted by molar-refractivity contribution is 7.89. The number of carbonyl (C=O) groups is 1. The smallest absolute Gasteiger partial charge is 0.240 e. The van der Waals surface area contributed by atoms with Crippen LogP contribution >= 0.6 is 0 Å². The Morgan fingerprint density at radius 2 is 1.72 bits per heavy atom. The summed E-state index contributed by atoms with van der Waals surface area (Å²) in [6, 6.07) is 6.09. The summed E-state index contributed by atoms with van der Waals surface area (Å²) in [6.07, 6.45) is 2.15. The maximum atomic E-state index is 12.5. The summed E-state index contributed by atoms with van der Waals surface area (Å²) in [4.78, 5) is 12.7. The molecule has 25 heavy (non-hydrogen) atoms. The second kappa shape index (κ2) is 6.92. The van der Waals surface area contributed by atoms with E-state index in [0.717, 1.165) is 0 Å². The van der Waals surface area contributed by atoms with Crippen molar-refractivity contribution in [1.82, 2.24) is 4.72 Å². The predicted octanol–water partition coefficient (Wildman–Crippen LogP) is 3.55. The highest BCUT2D eigenvalue weighted by atomic mass is 32.2. The molecule has 2 N–H and O–H groups in total. The zero-order valence-corrected chi connectivity index (χ0v) is 16.6. The highest BCUT2D eigenvalue weighted by Crippen LogP contribution is 2.59. The van der Waals surface area contributed by atoms with Crippen LogP contribution in [0.1, 0.15) is 41.5 Å². The summed E-state index contributed by atoms with van der Waals surface area (Å²) in [7, 11) is -3.52. The summed E-state index contributed by atoms with van der Waals surface area (Å²) >= 11 is 0. The van der Waals surface area contributed by atoms with E-state index in [9.17, 15) is 13.2 Å². The molecule has 1 saturated carbocycles.